The maximum absolute atomic E-state index is 11.9. The molecule has 5 heteroatoms. The Morgan fingerprint density at radius 3 is 2.52 bits per heavy atom. The third-order valence-corrected chi connectivity index (χ3v) is 5.17. The summed E-state index contributed by atoms with van der Waals surface area (Å²) in [6.07, 6.45) is 1.56. The first kappa shape index (κ1) is 17.9. The van der Waals surface area contributed by atoms with Gasteiger partial charge in [-0.3, -0.25) is 4.79 Å². The summed E-state index contributed by atoms with van der Waals surface area (Å²) in [6, 6.07) is 13.1. The molecular formula is C18H16Cl2O2S. The molecule has 0 N–H and O–H groups in total. The minimum atomic E-state index is -0.521. The number of esters is 1. The van der Waals surface area contributed by atoms with Crippen LogP contribution in [0, 0.1) is 0 Å². The zero-order chi connectivity index (χ0) is 16.8. The molecule has 0 spiro atoms. The number of carbonyl (C=O) groups excluding carboxylic acids is 1. The van der Waals surface area contributed by atoms with Crippen molar-refractivity contribution < 1.29 is 9.53 Å². The minimum absolute atomic E-state index is 0.329. The largest absolute Gasteiger partial charge is 0.465 e. The van der Waals surface area contributed by atoms with Gasteiger partial charge in [0.25, 0.3) is 0 Å². The molecule has 2 rings (SSSR count). The van der Waals surface area contributed by atoms with Gasteiger partial charge in [0.1, 0.15) is 0 Å². The zero-order valence-electron chi connectivity index (χ0n) is 12.6. The van der Waals surface area contributed by atoms with Crippen LogP contribution in [0.4, 0.5) is 0 Å². The summed E-state index contributed by atoms with van der Waals surface area (Å²) in [4.78, 5) is 13.7. The Morgan fingerprint density at radius 2 is 1.91 bits per heavy atom. The summed E-state index contributed by atoms with van der Waals surface area (Å²) in [5, 5.41) is 1.23. The zero-order valence-corrected chi connectivity index (χ0v) is 14.9. The molecule has 23 heavy (non-hydrogen) atoms. The molecular weight excluding hydrogens is 351 g/mol. The predicted molar refractivity (Wildman–Crippen MR) is 96.6 cm³/mol. The van der Waals surface area contributed by atoms with Crippen molar-refractivity contribution >= 4 is 40.9 Å². The Morgan fingerprint density at radius 1 is 1.22 bits per heavy atom. The van der Waals surface area contributed by atoms with Gasteiger partial charge in [-0.05, 0) is 36.8 Å². The highest BCUT2D eigenvalue weighted by molar-refractivity contribution is 7.99. The second-order valence-electron chi connectivity index (χ2n) is 4.69. The topological polar surface area (TPSA) is 26.3 Å². The molecule has 2 nitrogen and oxygen atoms in total. The van der Waals surface area contributed by atoms with Gasteiger partial charge in [0.05, 0.1) is 22.6 Å². The van der Waals surface area contributed by atoms with Gasteiger partial charge < -0.3 is 4.74 Å². The SMILES string of the molecule is C=CC(C(=O)OCC)c1ccc(Sc2ccccc2Cl)c(Cl)c1. The predicted octanol–water partition coefficient (Wildman–Crippen LogP) is 5.98. The summed E-state index contributed by atoms with van der Waals surface area (Å²) >= 11 is 14.0. The summed E-state index contributed by atoms with van der Waals surface area (Å²) in [7, 11) is 0. The second kappa shape index (κ2) is 8.44. The Hall–Kier alpha value is -1.42. The summed E-state index contributed by atoms with van der Waals surface area (Å²) in [6.45, 7) is 5.81. The lowest BCUT2D eigenvalue weighted by Gasteiger charge is -2.13. The van der Waals surface area contributed by atoms with Crippen molar-refractivity contribution in [3.63, 3.8) is 0 Å². The molecule has 0 aromatic heterocycles. The van der Waals surface area contributed by atoms with Crippen molar-refractivity contribution in [2.24, 2.45) is 0 Å². The van der Waals surface area contributed by atoms with E-state index in [9.17, 15) is 4.79 Å². The number of hydrogen-bond donors (Lipinski definition) is 0. The fraction of sp³-hybridized carbons (Fsp3) is 0.167. The van der Waals surface area contributed by atoms with Gasteiger partial charge in [-0.1, -0.05) is 59.2 Å². The number of ether oxygens (including phenoxy) is 1. The van der Waals surface area contributed by atoms with Crippen LogP contribution < -0.4 is 0 Å². The van der Waals surface area contributed by atoms with Gasteiger partial charge in [0.15, 0.2) is 0 Å². The molecule has 0 heterocycles. The van der Waals surface area contributed by atoms with E-state index in [0.29, 0.717) is 16.7 Å². The Kier molecular flexibility index (Phi) is 6.58. The van der Waals surface area contributed by atoms with E-state index in [0.717, 1.165) is 15.4 Å². The van der Waals surface area contributed by atoms with Crippen molar-refractivity contribution in [2.75, 3.05) is 6.61 Å². The van der Waals surface area contributed by atoms with Crippen LogP contribution in [0.2, 0.25) is 10.0 Å². The summed E-state index contributed by atoms with van der Waals surface area (Å²) in [5.74, 6) is -0.850. The Bertz CT molecular complexity index is 716. The van der Waals surface area contributed by atoms with Crippen molar-refractivity contribution in [3.05, 3.63) is 70.7 Å². The third kappa shape index (κ3) is 4.54. The molecule has 0 amide bonds. The molecule has 120 valence electrons. The fourth-order valence-electron chi connectivity index (χ4n) is 2.04. The van der Waals surface area contributed by atoms with Crippen LogP contribution in [0.5, 0.6) is 0 Å². The monoisotopic (exact) mass is 366 g/mol. The summed E-state index contributed by atoms with van der Waals surface area (Å²) in [5.41, 5.74) is 0.756. The van der Waals surface area contributed by atoms with Crippen LogP contribution in [0.25, 0.3) is 0 Å². The van der Waals surface area contributed by atoms with Gasteiger partial charge in [0, 0.05) is 9.79 Å². The second-order valence-corrected chi connectivity index (χ2v) is 6.59. The molecule has 2 aromatic rings. The van der Waals surface area contributed by atoms with Crippen molar-refractivity contribution in [1.29, 1.82) is 0 Å². The minimum Gasteiger partial charge on any atom is -0.465 e. The van der Waals surface area contributed by atoms with Gasteiger partial charge in [-0.2, -0.15) is 0 Å². The van der Waals surface area contributed by atoms with Gasteiger partial charge in [-0.15, -0.1) is 6.58 Å². The van der Waals surface area contributed by atoms with E-state index in [1.165, 1.54) is 11.8 Å². The van der Waals surface area contributed by atoms with Crippen molar-refractivity contribution in [1.82, 2.24) is 0 Å². The lowest BCUT2D eigenvalue weighted by atomic mass is 9.99. The number of hydrogen-bond acceptors (Lipinski definition) is 3. The summed E-state index contributed by atoms with van der Waals surface area (Å²) < 4.78 is 5.05. The van der Waals surface area contributed by atoms with Gasteiger partial charge >= 0.3 is 5.97 Å². The lowest BCUT2D eigenvalue weighted by molar-refractivity contribution is -0.143. The molecule has 2 aromatic carbocycles. The molecule has 0 aliphatic rings. The van der Waals surface area contributed by atoms with Crippen molar-refractivity contribution in [3.8, 4) is 0 Å². The van der Waals surface area contributed by atoms with Gasteiger partial charge in [0.2, 0.25) is 0 Å². The van der Waals surface area contributed by atoms with E-state index < -0.39 is 5.92 Å². The van der Waals surface area contributed by atoms with Crippen LogP contribution in [0.3, 0.4) is 0 Å². The highest BCUT2D eigenvalue weighted by Crippen LogP contribution is 2.38. The first-order chi connectivity index (χ1) is 11.1. The van der Waals surface area contributed by atoms with Crippen LogP contribution in [-0.2, 0) is 9.53 Å². The van der Waals surface area contributed by atoms with E-state index in [4.69, 9.17) is 27.9 Å². The number of carbonyl (C=O) groups is 1. The number of benzene rings is 2. The van der Waals surface area contributed by atoms with E-state index in [1.54, 1.807) is 19.1 Å². The maximum Gasteiger partial charge on any atom is 0.317 e. The number of rotatable bonds is 6. The molecule has 0 aliphatic carbocycles. The Balaban J connectivity index is 2.25. The van der Waals surface area contributed by atoms with E-state index in [1.807, 2.05) is 36.4 Å². The van der Waals surface area contributed by atoms with Crippen LogP contribution in [0.15, 0.2) is 64.9 Å². The number of halogens is 2. The van der Waals surface area contributed by atoms with E-state index >= 15 is 0 Å². The normalized spacial score (nSPS) is 11.8. The van der Waals surface area contributed by atoms with E-state index in [-0.39, 0.29) is 5.97 Å². The molecule has 0 saturated heterocycles. The average Bonchev–Trinajstić information content (AvgIpc) is 2.53. The first-order valence-corrected chi connectivity index (χ1v) is 8.65. The highest BCUT2D eigenvalue weighted by atomic mass is 35.5. The van der Waals surface area contributed by atoms with Crippen LogP contribution >= 0.6 is 35.0 Å². The molecule has 1 atom stereocenters. The smallest absolute Gasteiger partial charge is 0.317 e. The fourth-order valence-corrected chi connectivity index (χ4v) is 3.44. The van der Waals surface area contributed by atoms with E-state index in [2.05, 4.69) is 6.58 Å². The Labute approximate surface area is 150 Å². The third-order valence-electron chi connectivity index (χ3n) is 3.15. The quantitative estimate of drug-likeness (QED) is 0.464. The lowest BCUT2D eigenvalue weighted by Crippen LogP contribution is -2.13. The molecule has 0 radical (unpaired) electrons. The maximum atomic E-state index is 11.9. The molecule has 0 saturated carbocycles. The molecule has 0 aliphatic heterocycles. The molecule has 0 bridgehead atoms. The van der Waals surface area contributed by atoms with Crippen LogP contribution in [-0.4, -0.2) is 12.6 Å². The standard InChI is InChI=1S/C18H16Cl2O2S/c1-3-13(18(21)22-4-2)12-9-10-17(15(20)11-12)23-16-8-6-5-7-14(16)19/h3,5-11,13H,1,4H2,2H3. The van der Waals surface area contributed by atoms with Crippen LogP contribution in [0.1, 0.15) is 18.4 Å². The van der Waals surface area contributed by atoms with Crippen molar-refractivity contribution in [2.45, 2.75) is 22.6 Å². The van der Waals surface area contributed by atoms with Gasteiger partial charge in [-0.25, -0.2) is 0 Å². The first-order valence-electron chi connectivity index (χ1n) is 7.07. The molecule has 0 fully saturated rings. The highest BCUT2D eigenvalue weighted by Gasteiger charge is 2.19. The average molecular weight is 367 g/mol. The molecule has 1 unspecified atom stereocenters.